The first-order chi connectivity index (χ1) is 16.8. The van der Waals surface area contributed by atoms with Crippen LogP contribution in [0.2, 0.25) is 0 Å². The predicted molar refractivity (Wildman–Crippen MR) is 152 cm³/mol. The Morgan fingerprint density at radius 1 is 0.943 bits per heavy atom. The van der Waals surface area contributed by atoms with Crippen molar-refractivity contribution in [3.63, 3.8) is 0 Å². The zero-order valence-electron chi connectivity index (χ0n) is 20.2. The number of nitrogens with one attached hydrogen (secondary N) is 1. The maximum absolute atomic E-state index is 5.89. The Morgan fingerprint density at radius 3 is 2.26 bits per heavy atom. The van der Waals surface area contributed by atoms with Gasteiger partial charge in [-0.25, -0.2) is 0 Å². The van der Waals surface area contributed by atoms with Crippen molar-refractivity contribution in [3.8, 4) is 5.69 Å². The Labute approximate surface area is 220 Å². The largest absolute Gasteiger partial charge is 0.378 e. The van der Waals surface area contributed by atoms with Crippen molar-refractivity contribution in [2.45, 2.75) is 25.9 Å². The summed E-state index contributed by atoms with van der Waals surface area (Å²) in [5.41, 5.74) is 7.95. The van der Waals surface area contributed by atoms with E-state index in [1.54, 1.807) is 0 Å². The van der Waals surface area contributed by atoms with Crippen LogP contribution in [-0.4, -0.2) is 28.8 Å². The molecule has 1 N–H and O–H groups in total. The quantitative estimate of drug-likeness (QED) is 0.290. The van der Waals surface area contributed by atoms with Gasteiger partial charge in [-0.1, -0.05) is 22.0 Å². The average molecular weight is 547 g/mol. The van der Waals surface area contributed by atoms with Gasteiger partial charge in [0.25, 0.3) is 0 Å². The van der Waals surface area contributed by atoms with Gasteiger partial charge in [-0.15, -0.1) is 0 Å². The molecule has 0 unspecified atom stereocenters. The molecule has 0 radical (unpaired) electrons. The summed E-state index contributed by atoms with van der Waals surface area (Å²) in [6, 6.07) is 25.2. The van der Waals surface area contributed by atoms with E-state index in [9.17, 15) is 0 Å². The molecule has 5 nitrogen and oxygen atoms in total. The lowest BCUT2D eigenvalue weighted by Gasteiger charge is -2.28. The van der Waals surface area contributed by atoms with Crippen molar-refractivity contribution in [1.29, 1.82) is 0 Å². The van der Waals surface area contributed by atoms with Crippen LogP contribution in [0, 0.1) is 13.8 Å². The van der Waals surface area contributed by atoms with Crippen LogP contribution in [0.15, 0.2) is 83.5 Å². The molecular formula is C28H28BrN5S. The van der Waals surface area contributed by atoms with Gasteiger partial charge >= 0.3 is 0 Å². The number of anilines is 2. The van der Waals surface area contributed by atoms with E-state index in [0.717, 1.165) is 21.5 Å². The number of nitrogens with zero attached hydrogens (tertiary/aromatic N) is 4. The molecule has 0 saturated carbocycles. The molecule has 3 heterocycles. The molecule has 0 spiro atoms. The summed E-state index contributed by atoms with van der Waals surface area (Å²) < 4.78 is 3.36. The van der Waals surface area contributed by atoms with E-state index in [-0.39, 0.29) is 12.1 Å². The Hall–Kier alpha value is -3.16. The van der Waals surface area contributed by atoms with Crippen LogP contribution in [0.25, 0.3) is 5.69 Å². The van der Waals surface area contributed by atoms with Crippen molar-refractivity contribution in [3.05, 3.63) is 106 Å². The Bertz CT molecular complexity index is 1350. The number of hydrogen-bond acceptors (Lipinski definition) is 3. The monoisotopic (exact) mass is 545 g/mol. The number of halogens is 1. The SMILES string of the molecule is Cc1cc([C@@H]2[C@H](c3ccccn3)NC(=S)N2c2ccc(Br)cc2)c(C)n1-c1ccc(N(C)C)cc1. The Kier molecular flexibility index (Phi) is 6.38. The smallest absolute Gasteiger partial charge is 0.174 e. The summed E-state index contributed by atoms with van der Waals surface area (Å²) in [5, 5.41) is 4.27. The molecule has 0 amide bonds. The van der Waals surface area contributed by atoms with Gasteiger partial charge in [0.2, 0.25) is 0 Å². The standard InChI is InChI=1S/C28H28BrN5S/c1-18-17-24(19(2)33(18)22-14-12-21(13-15-22)32(3)4)27-26(25-7-5-6-16-30-25)31-28(35)34(27)23-10-8-20(29)9-11-23/h5-17,26-27H,1-4H3,(H,31,35)/t26-,27+/m0/s1. The van der Waals surface area contributed by atoms with Gasteiger partial charge in [0, 0.05) is 53.2 Å². The first-order valence-electron chi connectivity index (χ1n) is 11.6. The minimum absolute atomic E-state index is 0.0421. The third-order valence-corrected chi connectivity index (χ3v) is 7.46. The lowest BCUT2D eigenvalue weighted by atomic mass is 9.96. The van der Waals surface area contributed by atoms with E-state index < -0.39 is 0 Å². The number of hydrogen-bond donors (Lipinski definition) is 1. The molecule has 1 saturated heterocycles. The van der Waals surface area contributed by atoms with E-state index in [2.05, 4.69) is 129 Å². The van der Waals surface area contributed by atoms with Gasteiger partial charge in [0.05, 0.1) is 17.8 Å². The van der Waals surface area contributed by atoms with Crippen molar-refractivity contribution in [2.24, 2.45) is 0 Å². The highest BCUT2D eigenvalue weighted by molar-refractivity contribution is 9.10. The van der Waals surface area contributed by atoms with Gasteiger partial charge < -0.3 is 19.7 Å². The van der Waals surface area contributed by atoms with Crippen LogP contribution in [0.5, 0.6) is 0 Å². The van der Waals surface area contributed by atoms with Crippen LogP contribution in [0.3, 0.4) is 0 Å². The fourth-order valence-electron chi connectivity index (χ4n) is 4.93. The van der Waals surface area contributed by atoms with Crippen molar-refractivity contribution in [1.82, 2.24) is 14.9 Å². The molecule has 0 aliphatic carbocycles. The van der Waals surface area contributed by atoms with E-state index in [1.807, 2.05) is 18.3 Å². The van der Waals surface area contributed by atoms with Crippen LogP contribution >= 0.6 is 28.1 Å². The number of benzene rings is 2. The zero-order chi connectivity index (χ0) is 24.7. The highest BCUT2D eigenvalue weighted by atomic mass is 79.9. The van der Waals surface area contributed by atoms with E-state index in [1.165, 1.54) is 22.6 Å². The van der Waals surface area contributed by atoms with E-state index in [0.29, 0.717) is 5.11 Å². The molecule has 1 aliphatic rings. The third kappa shape index (κ3) is 4.34. The van der Waals surface area contributed by atoms with Gasteiger partial charge in [0.1, 0.15) is 0 Å². The van der Waals surface area contributed by atoms with Gasteiger partial charge in [0.15, 0.2) is 5.11 Å². The molecular weight excluding hydrogens is 518 g/mol. The highest BCUT2D eigenvalue weighted by Crippen LogP contribution is 2.44. The summed E-state index contributed by atoms with van der Waals surface area (Å²) in [5.74, 6) is 0. The topological polar surface area (TPSA) is 36.3 Å². The number of thiocarbonyl (C=S) groups is 1. The number of aromatic nitrogens is 2. The molecule has 35 heavy (non-hydrogen) atoms. The van der Waals surface area contributed by atoms with Crippen LogP contribution < -0.4 is 15.1 Å². The minimum Gasteiger partial charge on any atom is -0.378 e. The molecule has 5 rings (SSSR count). The number of pyridine rings is 1. The van der Waals surface area contributed by atoms with Crippen LogP contribution in [0.1, 0.15) is 34.7 Å². The maximum atomic E-state index is 5.89. The average Bonchev–Trinajstić information content (AvgIpc) is 3.35. The lowest BCUT2D eigenvalue weighted by Crippen LogP contribution is -2.29. The second kappa shape index (κ2) is 9.47. The van der Waals surface area contributed by atoms with Gasteiger partial charge in [-0.2, -0.15) is 0 Å². The summed E-state index contributed by atoms with van der Waals surface area (Å²) in [4.78, 5) is 9.03. The first-order valence-corrected chi connectivity index (χ1v) is 12.8. The summed E-state index contributed by atoms with van der Waals surface area (Å²) in [6.07, 6.45) is 1.84. The Balaban J connectivity index is 1.64. The third-order valence-electron chi connectivity index (χ3n) is 6.62. The van der Waals surface area contributed by atoms with Crippen LogP contribution in [0.4, 0.5) is 11.4 Å². The Morgan fingerprint density at radius 2 is 1.63 bits per heavy atom. The normalized spacial score (nSPS) is 17.5. The van der Waals surface area contributed by atoms with Crippen LogP contribution in [-0.2, 0) is 0 Å². The van der Waals surface area contributed by atoms with E-state index in [4.69, 9.17) is 12.2 Å². The lowest BCUT2D eigenvalue weighted by molar-refractivity contribution is 0.565. The molecule has 2 atom stereocenters. The zero-order valence-corrected chi connectivity index (χ0v) is 22.6. The molecule has 2 aromatic carbocycles. The second-order valence-electron chi connectivity index (χ2n) is 9.05. The number of aryl methyl sites for hydroxylation is 1. The summed E-state index contributed by atoms with van der Waals surface area (Å²) >= 11 is 9.45. The van der Waals surface area contributed by atoms with E-state index >= 15 is 0 Å². The number of rotatable bonds is 5. The molecule has 178 valence electrons. The minimum atomic E-state index is -0.0718. The molecule has 4 aromatic rings. The van der Waals surface area contributed by atoms with Crippen molar-refractivity contribution in [2.75, 3.05) is 23.9 Å². The van der Waals surface area contributed by atoms with Crippen molar-refractivity contribution >= 4 is 44.6 Å². The van der Waals surface area contributed by atoms with Gasteiger partial charge in [-0.3, -0.25) is 4.98 Å². The van der Waals surface area contributed by atoms with Gasteiger partial charge in [-0.05, 0) is 98.4 Å². The summed E-state index contributed by atoms with van der Waals surface area (Å²) in [6.45, 7) is 4.36. The molecule has 1 fully saturated rings. The second-order valence-corrected chi connectivity index (χ2v) is 10.3. The highest BCUT2D eigenvalue weighted by Gasteiger charge is 2.42. The molecule has 7 heteroatoms. The first kappa shape index (κ1) is 23.6. The fraction of sp³-hybridized carbons (Fsp3) is 0.214. The molecule has 0 bridgehead atoms. The summed E-state index contributed by atoms with van der Waals surface area (Å²) in [7, 11) is 4.12. The fourth-order valence-corrected chi connectivity index (χ4v) is 5.55. The predicted octanol–water partition coefficient (Wildman–Crippen LogP) is 6.49. The molecule has 1 aliphatic heterocycles. The van der Waals surface area contributed by atoms with Crippen molar-refractivity contribution < 1.29 is 0 Å². The molecule has 2 aromatic heterocycles. The maximum Gasteiger partial charge on any atom is 0.174 e.